The van der Waals surface area contributed by atoms with Crippen molar-refractivity contribution in [2.45, 2.75) is 32.2 Å². The SMILES string of the molecule is CCCC[C@@H](N)c1ccc2[nH]ccc2c1.Cl. The highest BCUT2D eigenvalue weighted by atomic mass is 35.5. The van der Waals surface area contributed by atoms with Crippen LogP contribution in [0.15, 0.2) is 30.5 Å². The number of benzene rings is 1. The Morgan fingerprint density at radius 2 is 2.12 bits per heavy atom. The van der Waals surface area contributed by atoms with Crippen molar-refractivity contribution in [1.82, 2.24) is 4.98 Å². The van der Waals surface area contributed by atoms with E-state index in [0.717, 1.165) is 6.42 Å². The van der Waals surface area contributed by atoms with Gasteiger partial charge in [-0.3, -0.25) is 0 Å². The summed E-state index contributed by atoms with van der Waals surface area (Å²) in [5.74, 6) is 0. The summed E-state index contributed by atoms with van der Waals surface area (Å²) in [5, 5.41) is 1.25. The van der Waals surface area contributed by atoms with E-state index in [4.69, 9.17) is 5.73 Å². The average molecular weight is 239 g/mol. The minimum Gasteiger partial charge on any atom is -0.361 e. The predicted octanol–water partition coefficient (Wildman–Crippen LogP) is 3.78. The highest BCUT2D eigenvalue weighted by molar-refractivity contribution is 5.85. The van der Waals surface area contributed by atoms with Gasteiger partial charge in [-0.1, -0.05) is 25.8 Å². The van der Waals surface area contributed by atoms with E-state index in [0.29, 0.717) is 0 Å². The van der Waals surface area contributed by atoms with Gasteiger partial charge in [0.15, 0.2) is 0 Å². The Balaban J connectivity index is 0.00000128. The fourth-order valence-corrected chi connectivity index (χ4v) is 1.89. The topological polar surface area (TPSA) is 41.8 Å². The van der Waals surface area contributed by atoms with Gasteiger partial charge in [-0.25, -0.2) is 0 Å². The van der Waals surface area contributed by atoms with Crippen LogP contribution in [0.2, 0.25) is 0 Å². The summed E-state index contributed by atoms with van der Waals surface area (Å²) in [7, 11) is 0. The summed E-state index contributed by atoms with van der Waals surface area (Å²) in [6.07, 6.45) is 5.45. The molecule has 16 heavy (non-hydrogen) atoms. The lowest BCUT2D eigenvalue weighted by atomic mass is 10.0. The molecule has 2 aromatic rings. The first-order valence-corrected chi connectivity index (χ1v) is 5.64. The van der Waals surface area contributed by atoms with E-state index in [2.05, 4.69) is 36.2 Å². The van der Waals surface area contributed by atoms with Crippen LogP contribution in [-0.2, 0) is 0 Å². The number of hydrogen-bond acceptors (Lipinski definition) is 1. The largest absolute Gasteiger partial charge is 0.361 e. The molecular weight excluding hydrogens is 220 g/mol. The van der Waals surface area contributed by atoms with Crippen LogP contribution in [0, 0.1) is 0 Å². The molecule has 1 aromatic carbocycles. The Morgan fingerprint density at radius 1 is 1.31 bits per heavy atom. The second-order valence-corrected chi connectivity index (χ2v) is 4.07. The third-order valence-electron chi connectivity index (χ3n) is 2.87. The number of unbranched alkanes of at least 4 members (excludes halogenated alkanes) is 1. The van der Waals surface area contributed by atoms with Crippen LogP contribution in [-0.4, -0.2) is 4.98 Å². The Hall–Kier alpha value is -0.990. The first-order valence-electron chi connectivity index (χ1n) is 5.64. The zero-order valence-electron chi connectivity index (χ0n) is 9.57. The average Bonchev–Trinajstić information content (AvgIpc) is 2.72. The van der Waals surface area contributed by atoms with Gasteiger partial charge in [0.05, 0.1) is 0 Å². The van der Waals surface area contributed by atoms with Crippen LogP contribution in [0.25, 0.3) is 10.9 Å². The molecule has 0 unspecified atom stereocenters. The van der Waals surface area contributed by atoms with Gasteiger partial charge >= 0.3 is 0 Å². The molecular formula is C13H19ClN2. The molecule has 1 heterocycles. The van der Waals surface area contributed by atoms with Gasteiger partial charge in [-0.05, 0) is 35.6 Å². The molecule has 0 amide bonds. The number of halogens is 1. The molecule has 0 saturated carbocycles. The van der Waals surface area contributed by atoms with Gasteiger partial charge in [0.2, 0.25) is 0 Å². The molecule has 3 N–H and O–H groups in total. The summed E-state index contributed by atoms with van der Waals surface area (Å²) in [4.78, 5) is 3.19. The molecule has 2 rings (SSSR count). The second kappa shape index (κ2) is 5.92. The second-order valence-electron chi connectivity index (χ2n) is 4.07. The Bertz CT molecular complexity index is 436. The van der Waals surface area contributed by atoms with Gasteiger partial charge in [-0.15, -0.1) is 12.4 Å². The molecule has 3 heteroatoms. The number of H-pyrrole nitrogens is 1. The van der Waals surface area contributed by atoms with Crippen molar-refractivity contribution in [3.63, 3.8) is 0 Å². The third-order valence-corrected chi connectivity index (χ3v) is 2.87. The zero-order chi connectivity index (χ0) is 10.7. The smallest absolute Gasteiger partial charge is 0.0454 e. The van der Waals surface area contributed by atoms with E-state index >= 15 is 0 Å². The summed E-state index contributed by atoms with van der Waals surface area (Å²) in [6.45, 7) is 2.20. The number of nitrogens with one attached hydrogen (secondary N) is 1. The first kappa shape index (κ1) is 13.1. The van der Waals surface area contributed by atoms with Crippen molar-refractivity contribution >= 4 is 23.3 Å². The normalized spacial score (nSPS) is 12.4. The Kier molecular flexibility index (Phi) is 4.84. The highest BCUT2D eigenvalue weighted by Gasteiger charge is 2.05. The predicted molar refractivity (Wildman–Crippen MR) is 72.0 cm³/mol. The minimum absolute atomic E-state index is 0. The van der Waals surface area contributed by atoms with Gasteiger partial charge < -0.3 is 10.7 Å². The maximum absolute atomic E-state index is 6.13. The molecule has 0 spiro atoms. The van der Waals surface area contributed by atoms with Crippen LogP contribution in [0.5, 0.6) is 0 Å². The molecule has 0 fully saturated rings. The van der Waals surface area contributed by atoms with Crippen molar-refractivity contribution in [2.24, 2.45) is 5.73 Å². The number of fused-ring (bicyclic) bond motifs is 1. The molecule has 1 atom stereocenters. The van der Waals surface area contributed by atoms with E-state index in [9.17, 15) is 0 Å². The molecule has 0 radical (unpaired) electrons. The molecule has 0 aliphatic rings. The van der Waals surface area contributed by atoms with Gasteiger partial charge in [-0.2, -0.15) is 0 Å². The van der Waals surface area contributed by atoms with Crippen molar-refractivity contribution in [3.8, 4) is 0 Å². The fourth-order valence-electron chi connectivity index (χ4n) is 1.89. The first-order chi connectivity index (χ1) is 7.31. The van der Waals surface area contributed by atoms with Crippen molar-refractivity contribution < 1.29 is 0 Å². The van der Waals surface area contributed by atoms with Crippen molar-refractivity contribution in [2.75, 3.05) is 0 Å². The van der Waals surface area contributed by atoms with E-state index in [1.807, 2.05) is 6.20 Å². The lowest BCUT2D eigenvalue weighted by Gasteiger charge is -2.11. The summed E-state index contributed by atoms with van der Waals surface area (Å²) in [6, 6.07) is 8.69. The summed E-state index contributed by atoms with van der Waals surface area (Å²) in [5.41, 5.74) is 8.56. The third kappa shape index (κ3) is 2.77. The number of aromatic amines is 1. The standard InChI is InChI=1S/C13H18N2.ClH/c1-2-3-4-12(14)10-5-6-13-11(9-10)7-8-15-13;/h5-9,12,15H,2-4,14H2,1H3;1H/t12-;/m1./s1. The van der Waals surface area contributed by atoms with Gasteiger partial charge in [0.25, 0.3) is 0 Å². The van der Waals surface area contributed by atoms with Crippen LogP contribution in [0.4, 0.5) is 0 Å². The molecule has 0 aliphatic heterocycles. The lowest BCUT2D eigenvalue weighted by Crippen LogP contribution is -2.09. The molecule has 1 aromatic heterocycles. The van der Waals surface area contributed by atoms with Crippen LogP contribution >= 0.6 is 12.4 Å². The molecule has 88 valence electrons. The van der Waals surface area contributed by atoms with Crippen molar-refractivity contribution in [3.05, 3.63) is 36.0 Å². The van der Waals surface area contributed by atoms with E-state index in [1.165, 1.54) is 29.3 Å². The zero-order valence-corrected chi connectivity index (χ0v) is 10.4. The van der Waals surface area contributed by atoms with Crippen LogP contribution in [0.1, 0.15) is 37.8 Å². The number of rotatable bonds is 4. The van der Waals surface area contributed by atoms with Crippen LogP contribution < -0.4 is 5.73 Å². The molecule has 2 nitrogen and oxygen atoms in total. The Labute approximate surface area is 103 Å². The Morgan fingerprint density at radius 3 is 2.88 bits per heavy atom. The summed E-state index contributed by atoms with van der Waals surface area (Å²) < 4.78 is 0. The minimum atomic E-state index is 0. The fraction of sp³-hybridized carbons (Fsp3) is 0.385. The lowest BCUT2D eigenvalue weighted by molar-refractivity contribution is 0.604. The molecule has 0 saturated heterocycles. The monoisotopic (exact) mass is 238 g/mol. The van der Waals surface area contributed by atoms with E-state index < -0.39 is 0 Å². The number of nitrogens with two attached hydrogens (primary N) is 1. The van der Waals surface area contributed by atoms with E-state index in [-0.39, 0.29) is 18.4 Å². The quantitative estimate of drug-likeness (QED) is 0.836. The maximum Gasteiger partial charge on any atom is 0.0454 e. The summed E-state index contributed by atoms with van der Waals surface area (Å²) >= 11 is 0. The number of hydrogen-bond donors (Lipinski definition) is 2. The van der Waals surface area contributed by atoms with Gasteiger partial charge in [0.1, 0.15) is 0 Å². The van der Waals surface area contributed by atoms with E-state index in [1.54, 1.807) is 0 Å². The highest BCUT2D eigenvalue weighted by Crippen LogP contribution is 2.21. The van der Waals surface area contributed by atoms with Gasteiger partial charge in [0, 0.05) is 17.8 Å². The van der Waals surface area contributed by atoms with Crippen molar-refractivity contribution in [1.29, 1.82) is 0 Å². The number of aromatic nitrogens is 1. The maximum atomic E-state index is 6.13. The molecule has 0 bridgehead atoms. The van der Waals surface area contributed by atoms with Crippen LogP contribution in [0.3, 0.4) is 0 Å². The molecule has 0 aliphatic carbocycles.